The van der Waals surface area contributed by atoms with E-state index < -0.39 is 0 Å². The van der Waals surface area contributed by atoms with E-state index in [-0.39, 0.29) is 0 Å². The average Bonchev–Trinajstić information content (AvgIpc) is 3.16. The van der Waals surface area contributed by atoms with Crippen molar-refractivity contribution in [3.05, 3.63) is 18.2 Å². The van der Waals surface area contributed by atoms with Crippen molar-refractivity contribution in [2.24, 2.45) is 12.9 Å². The van der Waals surface area contributed by atoms with Crippen molar-refractivity contribution >= 4 is 17.8 Å². The quantitative estimate of drug-likeness (QED) is 0.525. The zero-order valence-corrected chi connectivity index (χ0v) is 12.0. The summed E-state index contributed by atoms with van der Waals surface area (Å²) in [5, 5.41) is 3.16. The van der Waals surface area contributed by atoms with Crippen LogP contribution in [0.3, 0.4) is 0 Å². The molecule has 4 N–H and O–H groups in total. The van der Waals surface area contributed by atoms with Gasteiger partial charge in [0.25, 0.3) is 0 Å². The Bertz CT molecular complexity index is 603. The van der Waals surface area contributed by atoms with Gasteiger partial charge in [-0.15, -0.1) is 0 Å². The van der Waals surface area contributed by atoms with Crippen molar-refractivity contribution in [2.45, 2.75) is 19.4 Å². The second-order valence-electron chi connectivity index (χ2n) is 4.93. The van der Waals surface area contributed by atoms with Crippen LogP contribution in [0.15, 0.2) is 12.4 Å². The standard InChI is InChI=1S/C12H19N9/c1-20-7-4-14-9(20)8-15-10-16-11(19-13)18-12(17-10)21-5-2-3-6-21/h4,7H,2-3,5-6,8,13H2,1H3,(H2,15,16,17,18,19). The maximum absolute atomic E-state index is 5.44. The van der Waals surface area contributed by atoms with Gasteiger partial charge in [-0.1, -0.05) is 0 Å². The molecule has 1 saturated heterocycles. The number of aromatic nitrogens is 5. The van der Waals surface area contributed by atoms with Crippen LogP contribution < -0.4 is 21.5 Å². The number of hydrogen-bond donors (Lipinski definition) is 3. The fourth-order valence-electron chi connectivity index (χ4n) is 2.29. The maximum atomic E-state index is 5.44. The third kappa shape index (κ3) is 3.02. The van der Waals surface area contributed by atoms with E-state index in [9.17, 15) is 0 Å². The highest BCUT2D eigenvalue weighted by molar-refractivity contribution is 5.43. The normalized spacial score (nSPS) is 14.5. The molecule has 3 rings (SSSR count). The monoisotopic (exact) mass is 289 g/mol. The fraction of sp³-hybridized carbons (Fsp3) is 0.500. The minimum Gasteiger partial charge on any atom is -0.347 e. The number of nitrogens with zero attached hydrogens (tertiary/aromatic N) is 6. The molecule has 2 aromatic heterocycles. The number of anilines is 3. The number of imidazole rings is 1. The summed E-state index contributed by atoms with van der Waals surface area (Å²) in [6, 6.07) is 0. The minimum atomic E-state index is 0.356. The SMILES string of the molecule is Cn1ccnc1CNc1nc(NN)nc(N2CCCC2)n1. The molecule has 1 aliphatic heterocycles. The van der Waals surface area contributed by atoms with Crippen molar-refractivity contribution in [3.63, 3.8) is 0 Å². The molecule has 3 heterocycles. The Morgan fingerprint density at radius 3 is 2.62 bits per heavy atom. The van der Waals surface area contributed by atoms with Crippen molar-refractivity contribution in [3.8, 4) is 0 Å². The summed E-state index contributed by atoms with van der Waals surface area (Å²) in [4.78, 5) is 19.4. The van der Waals surface area contributed by atoms with Gasteiger partial charge in [0.1, 0.15) is 5.82 Å². The highest BCUT2D eigenvalue weighted by Crippen LogP contribution is 2.18. The lowest BCUT2D eigenvalue weighted by Crippen LogP contribution is -2.23. The average molecular weight is 289 g/mol. The van der Waals surface area contributed by atoms with E-state index in [0.29, 0.717) is 24.4 Å². The molecule has 0 unspecified atom stereocenters. The highest BCUT2D eigenvalue weighted by Gasteiger charge is 2.17. The summed E-state index contributed by atoms with van der Waals surface area (Å²) >= 11 is 0. The van der Waals surface area contributed by atoms with Gasteiger partial charge >= 0.3 is 0 Å². The van der Waals surface area contributed by atoms with Crippen LogP contribution in [0.1, 0.15) is 18.7 Å². The lowest BCUT2D eigenvalue weighted by Gasteiger charge is -2.16. The Morgan fingerprint density at radius 2 is 1.95 bits per heavy atom. The molecule has 2 aromatic rings. The number of aryl methyl sites for hydroxylation is 1. The number of nitrogen functional groups attached to an aromatic ring is 1. The second-order valence-corrected chi connectivity index (χ2v) is 4.93. The molecule has 1 fully saturated rings. The van der Waals surface area contributed by atoms with Gasteiger partial charge in [0.15, 0.2) is 0 Å². The number of rotatable bonds is 5. The van der Waals surface area contributed by atoms with Gasteiger partial charge in [0.2, 0.25) is 17.8 Å². The topological polar surface area (TPSA) is 110 Å². The lowest BCUT2D eigenvalue weighted by atomic mass is 10.4. The molecule has 0 aliphatic carbocycles. The molecule has 112 valence electrons. The molecule has 9 heteroatoms. The predicted molar refractivity (Wildman–Crippen MR) is 79.6 cm³/mol. The molecular formula is C12H19N9. The van der Waals surface area contributed by atoms with Crippen molar-refractivity contribution in [1.82, 2.24) is 24.5 Å². The molecule has 0 spiro atoms. The third-order valence-electron chi connectivity index (χ3n) is 3.47. The summed E-state index contributed by atoms with van der Waals surface area (Å²) in [7, 11) is 1.94. The fourth-order valence-corrected chi connectivity index (χ4v) is 2.29. The first kappa shape index (κ1) is 13.6. The van der Waals surface area contributed by atoms with Crippen LogP contribution in [0.2, 0.25) is 0 Å². The summed E-state index contributed by atoms with van der Waals surface area (Å²) in [5.74, 6) is 7.83. The molecule has 0 radical (unpaired) electrons. The Labute approximate surface area is 122 Å². The van der Waals surface area contributed by atoms with Gasteiger partial charge in [-0.05, 0) is 12.8 Å². The first-order chi connectivity index (χ1) is 10.3. The summed E-state index contributed by atoms with van der Waals surface area (Å²) < 4.78 is 1.94. The van der Waals surface area contributed by atoms with E-state index in [1.54, 1.807) is 6.20 Å². The molecule has 0 atom stereocenters. The minimum absolute atomic E-state index is 0.356. The van der Waals surface area contributed by atoms with Crippen LogP contribution >= 0.6 is 0 Å². The molecule has 9 nitrogen and oxygen atoms in total. The van der Waals surface area contributed by atoms with E-state index in [0.717, 1.165) is 31.8 Å². The van der Waals surface area contributed by atoms with Crippen LogP contribution in [0.5, 0.6) is 0 Å². The Balaban J connectivity index is 1.77. The maximum Gasteiger partial charge on any atom is 0.243 e. The van der Waals surface area contributed by atoms with Crippen LogP contribution in [-0.2, 0) is 13.6 Å². The summed E-state index contributed by atoms with van der Waals surface area (Å²) in [5.41, 5.74) is 2.49. The van der Waals surface area contributed by atoms with Crippen molar-refractivity contribution in [2.75, 3.05) is 28.7 Å². The van der Waals surface area contributed by atoms with Gasteiger partial charge in [-0.25, -0.2) is 10.8 Å². The van der Waals surface area contributed by atoms with E-state index in [1.165, 1.54) is 0 Å². The first-order valence-corrected chi connectivity index (χ1v) is 6.94. The van der Waals surface area contributed by atoms with Crippen LogP contribution in [-0.4, -0.2) is 37.6 Å². The number of hydrogen-bond acceptors (Lipinski definition) is 8. The van der Waals surface area contributed by atoms with Crippen LogP contribution in [0, 0.1) is 0 Å². The second kappa shape index (κ2) is 5.92. The van der Waals surface area contributed by atoms with E-state index in [1.807, 2.05) is 17.8 Å². The third-order valence-corrected chi connectivity index (χ3v) is 3.47. The largest absolute Gasteiger partial charge is 0.347 e. The zero-order chi connectivity index (χ0) is 14.7. The zero-order valence-electron chi connectivity index (χ0n) is 12.0. The molecule has 0 saturated carbocycles. The molecule has 0 aromatic carbocycles. The van der Waals surface area contributed by atoms with Gasteiger partial charge in [-0.2, -0.15) is 15.0 Å². The van der Waals surface area contributed by atoms with Gasteiger partial charge in [0, 0.05) is 32.5 Å². The van der Waals surface area contributed by atoms with Gasteiger partial charge in [-0.3, -0.25) is 5.43 Å². The van der Waals surface area contributed by atoms with Crippen LogP contribution in [0.4, 0.5) is 17.8 Å². The van der Waals surface area contributed by atoms with E-state index in [4.69, 9.17) is 5.84 Å². The van der Waals surface area contributed by atoms with Crippen LogP contribution in [0.25, 0.3) is 0 Å². The predicted octanol–water partition coefficient (Wildman–Crippen LogP) is 0.103. The first-order valence-electron chi connectivity index (χ1n) is 6.94. The summed E-state index contributed by atoms with van der Waals surface area (Å²) in [6.07, 6.45) is 5.97. The van der Waals surface area contributed by atoms with Crippen molar-refractivity contribution < 1.29 is 0 Å². The molecule has 0 bridgehead atoms. The number of hydrazine groups is 1. The smallest absolute Gasteiger partial charge is 0.243 e. The van der Waals surface area contributed by atoms with Gasteiger partial charge < -0.3 is 14.8 Å². The number of nitrogens with two attached hydrogens (primary N) is 1. The van der Waals surface area contributed by atoms with E-state index in [2.05, 4.69) is 35.6 Å². The molecule has 1 aliphatic rings. The van der Waals surface area contributed by atoms with E-state index >= 15 is 0 Å². The Morgan fingerprint density at radius 1 is 1.19 bits per heavy atom. The number of nitrogens with one attached hydrogen (secondary N) is 2. The summed E-state index contributed by atoms with van der Waals surface area (Å²) in [6.45, 7) is 2.47. The van der Waals surface area contributed by atoms with Crippen molar-refractivity contribution in [1.29, 1.82) is 0 Å². The lowest BCUT2D eigenvalue weighted by molar-refractivity contribution is 0.804. The Hall–Kier alpha value is -2.42. The highest BCUT2D eigenvalue weighted by atomic mass is 15.4. The van der Waals surface area contributed by atoms with Gasteiger partial charge in [0.05, 0.1) is 6.54 Å². The molecule has 0 amide bonds. The molecule has 21 heavy (non-hydrogen) atoms. The Kier molecular flexibility index (Phi) is 3.82. The molecular weight excluding hydrogens is 270 g/mol.